The van der Waals surface area contributed by atoms with Crippen LogP contribution in [0.2, 0.25) is 0 Å². The number of rotatable bonds is 1. The second kappa shape index (κ2) is 4.23. The molecule has 1 aliphatic heterocycles. The van der Waals surface area contributed by atoms with Gasteiger partial charge in [0.15, 0.2) is 0 Å². The van der Waals surface area contributed by atoms with Gasteiger partial charge in [-0.15, -0.1) is 0 Å². The van der Waals surface area contributed by atoms with Crippen LogP contribution >= 0.6 is 0 Å². The zero-order valence-corrected chi connectivity index (χ0v) is 9.88. The highest BCUT2D eigenvalue weighted by Crippen LogP contribution is 2.25. The lowest BCUT2D eigenvalue weighted by molar-refractivity contribution is 0.647. The minimum atomic E-state index is 0.574. The van der Waals surface area contributed by atoms with E-state index in [1.165, 1.54) is 16.8 Å². The maximum Gasteiger partial charge on any atom is 0.0417 e. The van der Waals surface area contributed by atoms with Gasteiger partial charge < -0.3 is 10.2 Å². The molecular weight excluding hydrogens is 184 g/mol. The van der Waals surface area contributed by atoms with Crippen LogP contribution in [0.15, 0.2) is 18.2 Å². The van der Waals surface area contributed by atoms with E-state index in [0.29, 0.717) is 6.04 Å². The number of hydrogen-bond acceptors (Lipinski definition) is 2. The molecule has 2 heteroatoms. The summed E-state index contributed by atoms with van der Waals surface area (Å²) >= 11 is 0. The van der Waals surface area contributed by atoms with Crippen LogP contribution in [0.25, 0.3) is 0 Å². The van der Waals surface area contributed by atoms with Crippen molar-refractivity contribution in [3.8, 4) is 0 Å². The van der Waals surface area contributed by atoms with Gasteiger partial charge in [-0.05, 0) is 38.0 Å². The molecule has 0 atom stereocenters. The van der Waals surface area contributed by atoms with E-state index in [-0.39, 0.29) is 0 Å². The molecule has 1 N–H and O–H groups in total. The van der Waals surface area contributed by atoms with Crippen molar-refractivity contribution >= 4 is 5.69 Å². The number of fused-ring (bicyclic) bond motifs is 1. The summed E-state index contributed by atoms with van der Waals surface area (Å²) < 4.78 is 0. The van der Waals surface area contributed by atoms with E-state index in [2.05, 4.69) is 49.2 Å². The molecule has 0 amide bonds. The number of nitrogens with zero attached hydrogens (tertiary/aromatic N) is 1. The SMILES string of the molecule is Cc1ccc2c(c1)N(C(C)C)CCNC2. The Morgan fingerprint density at radius 3 is 2.87 bits per heavy atom. The third kappa shape index (κ3) is 2.15. The molecule has 0 saturated carbocycles. The largest absolute Gasteiger partial charge is 0.368 e. The van der Waals surface area contributed by atoms with Gasteiger partial charge in [-0.1, -0.05) is 12.1 Å². The van der Waals surface area contributed by atoms with Gasteiger partial charge in [0.2, 0.25) is 0 Å². The molecule has 0 spiro atoms. The molecule has 0 unspecified atom stereocenters. The smallest absolute Gasteiger partial charge is 0.0417 e. The summed E-state index contributed by atoms with van der Waals surface area (Å²) in [4.78, 5) is 2.49. The topological polar surface area (TPSA) is 15.3 Å². The molecular formula is C13H20N2. The lowest BCUT2D eigenvalue weighted by Crippen LogP contribution is -2.34. The molecule has 0 radical (unpaired) electrons. The highest BCUT2D eigenvalue weighted by Gasteiger charge is 2.16. The Morgan fingerprint density at radius 2 is 2.13 bits per heavy atom. The molecule has 0 aliphatic carbocycles. The average Bonchev–Trinajstić information content (AvgIpc) is 2.39. The predicted octanol–water partition coefficient (Wildman–Crippen LogP) is 2.31. The van der Waals surface area contributed by atoms with Gasteiger partial charge in [0, 0.05) is 31.4 Å². The van der Waals surface area contributed by atoms with E-state index in [1.54, 1.807) is 0 Å². The van der Waals surface area contributed by atoms with Gasteiger partial charge in [0.25, 0.3) is 0 Å². The first-order valence-corrected chi connectivity index (χ1v) is 5.75. The van der Waals surface area contributed by atoms with Gasteiger partial charge in [-0.2, -0.15) is 0 Å². The van der Waals surface area contributed by atoms with Crippen LogP contribution < -0.4 is 10.2 Å². The fourth-order valence-electron chi connectivity index (χ4n) is 2.17. The molecule has 0 aromatic heterocycles. The van der Waals surface area contributed by atoms with E-state index in [1.807, 2.05) is 0 Å². The minimum Gasteiger partial charge on any atom is -0.368 e. The van der Waals surface area contributed by atoms with E-state index in [0.717, 1.165) is 19.6 Å². The average molecular weight is 204 g/mol. The van der Waals surface area contributed by atoms with Gasteiger partial charge in [0.1, 0.15) is 0 Å². The van der Waals surface area contributed by atoms with Crippen molar-refractivity contribution in [1.29, 1.82) is 0 Å². The Kier molecular flexibility index (Phi) is 2.96. The summed E-state index contributed by atoms with van der Waals surface area (Å²) in [7, 11) is 0. The first-order valence-electron chi connectivity index (χ1n) is 5.75. The third-order valence-electron chi connectivity index (χ3n) is 3.02. The van der Waals surface area contributed by atoms with E-state index in [4.69, 9.17) is 0 Å². The molecule has 1 aliphatic rings. The number of nitrogens with one attached hydrogen (secondary N) is 1. The summed E-state index contributed by atoms with van der Waals surface area (Å²) in [6.07, 6.45) is 0. The molecule has 82 valence electrons. The Hall–Kier alpha value is -1.02. The molecule has 1 aromatic carbocycles. The summed E-state index contributed by atoms with van der Waals surface area (Å²) in [6, 6.07) is 7.33. The van der Waals surface area contributed by atoms with Crippen LogP contribution in [0, 0.1) is 6.92 Å². The molecule has 0 fully saturated rings. The van der Waals surface area contributed by atoms with Crippen LogP contribution in [-0.4, -0.2) is 19.1 Å². The number of benzene rings is 1. The summed E-state index contributed by atoms with van der Waals surface area (Å²) in [5.74, 6) is 0. The third-order valence-corrected chi connectivity index (χ3v) is 3.02. The number of aryl methyl sites for hydroxylation is 1. The maximum atomic E-state index is 3.47. The first-order chi connectivity index (χ1) is 7.18. The fraction of sp³-hybridized carbons (Fsp3) is 0.538. The Morgan fingerprint density at radius 1 is 1.33 bits per heavy atom. The standard InChI is InChI=1S/C13H20N2/c1-10(2)15-7-6-14-9-12-5-4-11(3)8-13(12)15/h4-5,8,10,14H,6-7,9H2,1-3H3. The monoisotopic (exact) mass is 204 g/mol. The van der Waals surface area contributed by atoms with Crippen LogP contribution in [-0.2, 0) is 6.54 Å². The van der Waals surface area contributed by atoms with Crippen molar-refractivity contribution in [3.63, 3.8) is 0 Å². The van der Waals surface area contributed by atoms with Crippen molar-refractivity contribution in [2.24, 2.45) is 0 Å². The summed E-state index contributed by atoms with van der Waals surface area (Å²) in [6.45, 7) is 9.87. The normalized spacial score (nSPS) is 16.4. The quantitative estimate of drug-likeness (QED) is 0.755. The van der Waals surface area contributed by atoms with Crippen LogP contribution in [0.4, 0.5) is 5.69 Å². The molecule has 2 nitrogen and oxygen atoms in total. The van der Waals surface area contributed by atoms with E-state index < -0.39 is 0 Å². The zero-order valence-electron chi connectivity index (χ0n) is 9.88. The summed E-state index contributed by atoms with van der Waals surface area (Å²) in [5.41, 5.74) is 4.18. The zero-order chi connectivity index (χ0) is 10.8. The van der Waals surface area contributed by atoms with E-state index in [9.17, 15) is 0 Å². The molecule has 15 heavy (non-hydrogen) atoms. The lowest BCUT2D eigenvalue weighted by Gasteiger charge is -2.29. The Balaban J connectivity index is 2.42. The number of hydrogen-bond donors (Lipinski definition) is 1. The fourth-order valence-corrected chi connectivity index (χ4v) is 2.17. The van der Waals surface area contributed by atoms with Crippen molar-refractivity contribution < 1.29 is 0 Å². The Labute approximate surface area is 92.3 Å². The lowest BCUT2D eigenvalue weighted by atomic mass is 10.1. The number of anilines is 1. The second-order valence-corrected chi connectivity index (χ2v) is 4.60. The van der Waals surface area contributed by atoms with Gasteiger partial charge in [-0.25, -0.2) is 0 Å². The summed E-state index contributed by atoms with van der Waals surface area (Å²) in [5, 5.41) is 3.47. The predicted molar refractivity (Wildman–Crippen MR) is 65.4 cm³/mol. The maximum absolute atomic E-state index is 3.47. The van der Waals surface area contributed by atoms with Crippen LogP contribution in [0.1, 0.15) is 25.0 Å². The first kappa shape index (κ1) is 10.5. The molecule has 2 rings (SSSR count). The minimum absolute atomic E-state index is 0.574. The second-order valence-electron chi connectivity index (χ2n) is 4.60. The highest BCUT2D eigenvalue weighted by molar-refractivity contribution is 5.56. The van der Waals surface area contributed by atoms with Crippen molar-refractivity contribution in [2.45, 2.75) is 33.4 Å². The molecule has 0 saturated heterocycles. The van der Waals surface area contributed by atoms with Gasteiger partial charge >= 0.3 is 0 Å². The van der Waals surface area contributed by atoms with E-state index >= 15 is 0 Å². The van der Waals surface area contributed by atoms with Crippen molar-refractivity contribution in [1.82, 2.24) is 5.32 Å². The van der Waals surface area contributed by atoms with Gasteiger partial charge in [0.05, 0.1) is 0 Å². The van der Waals surface area contributed by atoms with Gasteiger partial charge in [-0.3, -0.25) is 0 Å². The van der Waals surface area contributed by atoms with Crippen molar-refractivity contribution in [3.05, 3.63) is 29.3 Å². The van der Waals surface area contributed by atoms with Crippen molar-refractivity contribution in [2.75, 3.05) is 18.0 Å². The Bertz CT molecular complexity index is 344. The molecule has 1 heterocycles. The highest BCUT2D eigenvalue weighted by atomic mass is 15.2. The molecule has 0 bridgehead atoms. The van der Waals surface area contributed by atoms with Crippen LogP contribution in [0.5, 0.6) is 0 Å². The van der Waals surface area contributed by atoms with Crippen LogP contribution in [0.3, 0.4) is 0 Å². The molecule has 1 aromatic rings.